The van der Waals surface area contributed by atoms with E-state index in [0.29, 0.717) is 17.9 Å². The van der Waals surface area contributed by atoms with E-state index in [-0.39, 0.29) is 45.6 Å². The van der Waals surface area contributed by atoms with Crippen molar-refractivity contribution in [1.82, 2.24) is 68.2 Å². The molecule has 41 heteroatoms. The molecule has 1 aromatic rings. The van der Waals surface area contributed by atoms with Crippen molar-refractivity contribution in [2.75, 3.05) is 66.8 Å². The zero-order valence-electron chi connectivity index (χ0n) is 61.4. The Kier molecular flexibility index (Phi) is 29.7. The molecular weight excluding hydrogens is 1390 g/mol. The molecule has 1 aromatic heterocycles. The summed E-state index contributed by atoms with van der Waals surface area (Å²) < 4.78 is 78.5. The molecule has 5 aliphatic heterocycles. The van der Waals surface area contributed by atoms with Crippen LogP contribution in [0, 0.1) is 11.8 Å². The first-order chi connectivity index (χ1) is 49.1. The average Bonchev–Trinajstić information content (AvgIpc) is 1.33. The maximum atomic E-state index is 13.5. The number of hydrogen-bond acceptors (Lipinski definition) is 34. The number of nitrogens with one attached hydrogen (secondary N) is 9. The van der Waals surface area contributed by atoms with Gasteiger partial charge in [-0.1, -0.05) is 5.21 Å². The van der Waals surface area contributed by atoms with Gasteiger partial charge in [0, 0.05) is 63.3 Å². The number of hydrogen-bond donors (Lipinski definition) is 9. The molecule has 5 aliphatic rings. The number of aliphatic imine (C=N–C) groups is 2. The SMILES string of the molecule is COC(=O)C1=C[C@H](N=C(NC(=O)OC(C)(C)C)NC(=O)OC(C)(C)C)[C@@H](CC(C)=O)[C@H]([C@H](OCC(=O)NCCN2C=C(CNCc3cn(CCNC(=O)CO[C@@H]([C@@H]4OC(C(=O)OC)=C[C@H](N=C(NC(=O)OC(C)(C)C)NC(=O)OC(C)(C)C)[C@H]4CC(C)=O)[C@H]4COC(=O)O4)nn3)NN2)[C@H]2COC(=O)O2)O1. The van der Waals surface area contributed by atoms with Crippen LogP contribution in [0.2, 0.25) is 0 Å². The van der Waals surface area contributed by atoms with Crippen LogP contribution in [0.4, 0.5) is 28.8 Å². The first-order valence-electron chi connectivity index (χ1n) is 33.2. The number of ketones is 2. The molecule has 6 rings (SSSR count). The fourth-order valence-electron chi connectivity index (χ4n) is 10.4. The molecule has 9 N–H and O–H groups in total. The second kappa shape index (κ2) is 37.3. The van der Waals surface area contributed by atoms with Gasteiger partial charge in [-0.25, -0.2) is 48.3 Å². The molecule has 0 aromatic carbocycles. The van der Waals surface area contributed by atoms with Gasteiger partial charge >= 0.3 is 48.6 Å². The smallest absolute Gasteiger partial charge is 0.480 e. The fourth-order valence-corrected chi connectivity index (χ4v) is 10.4. The average molecular weight is 1490 g/mol. The summed E-state index contributed by atoms with van der Waals surface area (Å²) in [5.41, 5.74) is 3.21. The molecule has 0 spiro atoms. The molecule has 0 radical (unpaired) electrons. The minimum absolute atomic E-state index is 0.0193. The zero-order chi connectivity index (χ0) is 77.7. The summed E-state index contributed by atoms with van der Waals surface area (Å²) >= 11 is 0. The Balaban J connectivity index is 1.03. The van der Waals surface area contributed by atoms with Gasteiger partial charge in [-0.15, -0.1) is 10.6 Å². The maximum Gasteiger partial charge on any atom is 0.508 e. The lowest BCUT2D eigenvalue weighted by Gasteiger charge is -2.40. The number of ether oxygens (including phenoxy) is 14. The highest BCUT2D eigenvalue weighted by atomic mass is 16.8. The van der Waals surface area contributed by atoms with Crippen LogP contribution in [0.15, 0.2) is 51.7 Å². The number of cyclic esters (lactones) is 4. The van der Waals surface area contributed by atoms with E-state index in [2.05, 4.69) is 68.5 Å². The second-order valence-corrected chi connectivity index (χ2v) is 28.1. The summed E-state index contributed by atoms with van der Waals surface area (Å²) in [5, 5.41) is 28.2. The maximum absolute atomic E-state index is 13.5. The van der Waals surface area contributed by atoms with Crippen LogP contribution in [-0.2, 0) is 108 Å². The van der Waals surface area contributed by atoms with Gasteiger partial charge in [-0.2, -0.15) is 0 Å². The van der Waals surface area contributed by atoms with Crippen LogP contribution in [0.3, 0.4) is 0 Å². The number of methoxy groups -OCH3 is 2. The number of esters is 2. The van der Waals surface area contributed by atoms with Gasteiger partial charge in [-0.3, -0.25) is 40.5 Å². The van der Waals surface area contributed by atoms with E-state index in [0.717, 1.165) is 14.2 Å². The Hall–Kier alpha value is -10.4. The van der Waals surface area contributed by atoms with Crippen molar-refractivity contribution < 1.29 is 124 Å². The van der Waals surface area contributed by atoms with Crippen molar-refractivity contribution in [2.45, 2.75) is 194 Å². The summed E-state index contributed by atoms with van der Waals surface area (Å²) in [6, 6.07) is -2.61. The third-order valence-electron chi connectivity index (χ3n) is 14.4. The van der Waals surface area contributed by atoms with Crippen LogP contribution >= 0.6 is 0 Å². The standard InChI is InChI=1S/C64H95N15O26/c1-33(80)21-37-39(68-53(70-55(86)102-61(3,4)5)71-56(87)103-62(6,7)8)23-41(51(84)92-15)98-47(37)49(43-29-96-59(90)100-43)94-31-45(82)66-17-19-78-27-35(74-76-78)25-65-26-36-28-79(77-75-36)20-18-67-46(83)32-95-50(44-30-97-60(91)101-44)48-38(22-34(2)81)40(24-42(99-48)52(85)93-16)69-54(72-57(88)104-63(9,10)11)73-58(89)105-64(12,13)14/h23-24,27-28,37-40,43-44,47-50,65,74,76H,17-22,25-26,29-32H2,1-16H3,(H,66,82)(H,67,83)(H2,68,70,71,86,87)(H2,69,72,73,88,89)/t37-,38-,39+,40+,43-,44-,47-,48-,49-,50-/m1/s1. The highest BCUT2D eigenvalue weighted by Crippen LogP contribution is 2.37. The first kappa shape index (κ1) is 83.5. The molecular formula is C64H95N15O26. The van der Waals surface area contributed by atoms with Gasteiger partial charge in [-0.05, 0) is 109 Å². The Labute approximate surface area is 604 Å². The number of carbonyl (C=O) groups excluding carboxylic acids is 12. The van der Waals surface area contributed by atoms with Crippen molar-refractivity contribution in [3.05, 3.63) is 47.5 Å². The number of amides is 6. The molecule has 582 valence electrons. The van der Waals surface area contributed by atoms with Crippen LogP contribution in [0.5, 0.6) is 0 Å². The summed E-state index contributed by atoms with van der Waals surface area (Å²) in [6.45, 7) is 20.6. The molecule has 0 unspecified atom stereocenters. The molecule has 0 bridgehead atoms. The molecule has 105 heavy (non-hydrogen) atoms. The normalized spacial score (nSPS) is 21.2. The van der Waals surface area contributed by atoms with Gasteiger partial charge in [0.1, 0.15) is 84.8 Å². The predicted octanol–water partition coefficient (Wildman–Crippen LogP) is 1.26. The van der Waals surface area contributed by atoms with E-state index in [4.69, 9.17) is 66.3 Å². The van der Waals surface area contributed by atoms with E-state index >= 15 is 0 Å². The third kappa shape index (κ3) is 28.6. The van der Waals surface area contributed by atoms with Gasteiger partial charge in [0.15, 0.2) is 12.2 Å². The van der Waals surface area contributed by atoms with Crippen LogP contribution < -0.4 is 48.2 Å². The lowest BCUT2D eigenvalue weighted by atomic mass is 9.82. The largest absolute Gasteiger partial charge is 0.508 e. The highest BCUT2D eigenvalue weighted by Gasteiger charge is 2.51. The van der Waals surface area contributed by atoms with Gasteiger partial charge in [0.2, 0.25) is 35.3 Å². The summed E-state index contributed by atoms with van der Waals surface area (Å²) in [7, 11) is 2.15. The zero-order valence-corrected chi connectivity index (χ0v) is 61.4. The molecule has 0 saturated carbocycles. The van der Waals surface area contributed by atoms with E-state index in [1.54, 1.807) is 100 Å². The van der Waals surface area contributed by atoms with Crippen LogP contribution in [0.1, 0.15) is 115 Å². The lowest BCUT2D eigenvalue weighted by molar-refractivity contribution is -0.158. The van der Waals surface area contributed by atoms with E-state index in [9.17, 15) is 57.5 Å². The van der Waals surface area contributed by atoms with Crippen molar-refractivity contribution in [2.24, 2.45) is 21.8 Å². The number of alkyl carbamates (subject to hydrolysis) is 4. The number of carbonyl (C=O) groups is 12. The third-order valence-corrected chi connectivity index (χ3v) is 14.4. The van der Waals surface area contributed by atoms with Crippen LogP contribution in [0.25, 0.3) is 0 Å². The Morgan fingerprint density at radius 1 is 0.581 bits per heavy atom. The molecule has 6 amide bonds. The summed E-state index contributed by atoms with van der Waals surface area (Å²) in [4.78, 5) is 166. The number of rotatable bonds is 28. The lowest BCUT2D eigenvalue weighted by Crippen LogP contribution is -2.53. The van der Waals surface area contributed by atoms with E-state index in [1.165, 1.54) is 30.7 Å². The fraction of sp³-hybridized carbons (Fsp3) is 0.656. The first-order valence-corrected chi connectivity index (χ1v) is 33.2. The molecule has 2 fully saturated rings. The Morgan fingerprint density at radius 3 is 1.34 bits per heavy atom. The molecule has 41 nitrogen and oxygen atoms in total. The van der Waals surface area contributed by atoms with E-state index < -0.39 is 205 Å². The topological polar surface area (TPSA) is 501 Å². The Morgan fingerprint density at radius 2 is 0.981 bits per heavy atom. The van der Waals surface area contributed by atoms with Crippen LogP contribution in [-0.4, -0.2) is 242 Å². The van der Waals surface area contributed by atoms with E-state index in [1.807, 2.05) is 0 Å². The predicted molar refractivity (Wildman–Crippen MR) is 358 cm³/mol. The molecule has 0 aliphatic carbocycles. The molecule has 6 heterocycles. The number of nitrogens with zero attached hydrogens (tertiary/aromatic N) is 6. The summed E-state index contributed by atoms with van der Waals surface area (Å²) in [5.74, 6) is -8.28. The number of hydrazine groups is 2. The second-order valence-electron chi connectivity index (χ2n) is 28.1. The van der Waals surface area contributed by atoms with Crippen molar-refractivity contribution in [3.8, 4) is 0 Å². The van der Waals surface area contributed by atoms with Gasteiger partial charge < -0.3 is 97.3 Å². The van der Waals surface area contributed by atoms with Crippen molar-refractivity contribution in [3.63, 3.8) is 0 Å². The highest BCUT2D eigenvalue weighted by molar-refractivity contribution is 6.02. The number of guanidine groups is 2. The monoisotopic (exact) mass is 1490 g/mol. The number of aromatic nitrogens is 3. The molecule has 10 atom stereocenters. The van der Waals surface area contributed by atoms with Crippen molar-refractivity contribution in [1.29, 1.82) is 0 Å². The molecule has 2 saturated heterocycles. The van der Waals surface area contributed by atoms with Crippen molar-refractivity contribution >= 4 is 83.9 Å². The number of Topliss-reactive ketones (excluding diaryl/α,β-unsaturated/α-hetero) is 2. The van der Waals surface area contributed by atoms with Gasteiger partial charge in [0.05, 0.1) is 50.8 Å². The minimum Gasteiger partial charge on any atom is -0.480 e. The summed E-state index contributed by atoms with van der Waals surface area (Å²) in [6.07, 6.45) is -9.45. The van der Waals surface area contributed by atoms with Gasteiger partial charge in [0.25, 0.3) is 0 Å². The quantitative estimate of drug-likeness (QED) is 0.0247. The minimum atomic E-state index is -1.44. The Bertz CT molecular complexity index is 3430.